The van der Waals surface area contributed by atoms with E-state index in [1.165, 1.54) is 24.6 Å². The summed E-state index contributed by atoms with van der Waals surface area (Å²) in [7, 11) is 1.99. The Hall–Kier alpha value is -4.04. The van der Waals surface area contributed by atoms with Gasteiger partial charge in [-0.3, -0.25) is 19.2 Å². The van der Waals surface area contributed by atoms with Gasteiger partial charge in [0.05, 0.1) is 23.1 Å². The maximum Gasteiger partial charge on any atom is 0.265 e. The molecular weight excluding hydrogens is 637 g/mol. The van der Waals surface area contributed by atoms with Gasteiger partial charge in [-0.2, -0.15) is 0 Å². The van der Waals surface area contributed by atoms with Crippen LogP contribution >= 0.6 is 11.5 Å². The van der Waals surface area contributed by atoms with Crippen LogP contribution in [0.3, 0.4) is 0 Å². The highest BCUT2D eigenvalue weighted by Gasteiger charge is 2.35. The molecule has 2 fully saturated rings. The average molecular weight is 682 g/mol. The standard InChI is InChI=1S/C34H44FN7O5S/c1-4-27-25(20-47-39-27)29(43)18-24(22-9-7-5-6-8-10-22)32(44)37-28-12-11-23(17-26(28)35)21(2)31(38-33(45)30-19-36-40-48-30)34(46)42-15-13-41(3)14-16-42/h11-12,17,19-22,24,31H,4-10,13-16,18H2,1-3H3,(H,37,44)(H,38,45)/t21-,24-,31+/m0/s1. The number of Topliss-reactive ketones (excluding diaryl/α,β-unsaturated/α-hetero) is 1. The Morgan fingerprint density at radius 1 is 1.08 bits per heavy atom. The van der Waals surface area contributed by atoms with Gasteiger partial charge in [0.1, 0.15) is 23.0 Å². The maximum atomic E-state index is 15.8. The summed E-state index contributed by atoms with van der Waals surface area (Å²) in [5, 5.41) is 13.2. The number of aryl methyl sites for hydroxylation is 1. The van der Waals surface area contributed by atoms with Gasteiger partial charge in [0, 0.05) is 44.4 Å². The summed E-state index contributed by atoms with van der Waals surface area (Å²) < 4.78 is 24.6. The van der Waals surface area contributed by atoms with Gasteiger partial charge in [-0.25, -0.2) is 4.39 Å². The van der Waals surface area contributed by atoms with Crippen molar-refractivity contribution in [3.63, 3.8) is 0 Å². The number of carbonyl (C=O) groups is 4. The zero-order valence-electron chi connectivity index (χ0n) is 27.7. The van der Waals surface area contributed by atoms with E-state index in [4.69, 9.17) is 4.52 Å². The lowest BCUT2D eigenvalue weighted by Crippen LogP contribution is -2.55. The van der Waals surface area contributed by atoms with Crippen LogP contribution in [-0.4, -0.2) is 87.3 Å². The first kappa shape index (κ1) is 35.3. The topological polar surface area (TPSA) is 151 Å². The van der Waals surface area contributed by atoms with Crippen LogP contribution in [0, 0.1) is 17.7 Å². The van der Waals surface area contributed by atoms with Crippen molar-refractivity contribution in [3.8, 4) is 0 Å². The molecule has 0 unspecified atom stereocenters. The van der Waals surface area contributed by atoms with E-state index in [2.05, 4.69) is 30.3 Å². The Kier molecular flexibility index (Phi) is 12.0. The second kappa shape index (κ2) is 16.4. The fourth-order valence-corrected chi connectivity index (χ4v) is 7.09. The van der Waals surface area contributed by atoms with Gasteiger partial charge in [0.15, 0.2) is 5.78 Å². The third-order valence-corrected chi connectivity index (χ3v) is 10.4. The number of benzene rings is 1. The van der Waals surface area contributed by atoms with Crippen LogP contribution in [0.1, 0.15) is 96.0 Å². The predicted octanol–water partition coefficient (Wildman–Crippen LogP) is 4.70. The molecule has 12 nitrogen and oxygen atoms in total. The maximum absolute atomic E-state index is 15.8. The van der Waals surface area contributed by atoms with Crippen molar-refractivity contribution in [1.82, 2.24) is 29.9 Å². The molecule has 2 aliphatic rings. The number of amides is 3. The number of hydrogen-bond donors (Lipinski definition) is 2. The highest BCUT2D eigenvalue weighted by molar-refractivity contribution is 7.07. The Morgan fingerprint density at radius 2 is 1.81 bits per heavy atom. The summed E-state index contributed by atoms with van der Waals surface area (Å²) in [6, 6.07) is 3.46. The number of nitrogens with one attached hydrogen (secondary N) is 2. The zero-order valence-corrected chi connectivity index (χ0v) is 28.6. The molecule has 48 heavy (non-hydrogen) atoms. The van der Waals surface area contributed by atoms with E-state index in [1.807, 2.05) is 14.0 Å². The minimum absolute atomic E-state index is 0.0111. The van der Waals surface area contributed by atoms with Crippen LogP contribution in [0.25, 0.3) is 0 Å². The monoisotopic (exact) mass is 681 g/mol. The van der Waals surface area contributed by atoms with Crippen molar-refractivity contribution in [1.29, 1.82) is 0 Å². The van der Waals surface area contributed by atoms with E-state index in [9.17, 15) is 19.2 Å². The first-order valence-corrected chi connectivity index (χ1v) is 17.6. The molecule has 14 heteroatoms. The third-order valence-electron chi connectivity index (χ3n) is 9.72. The fourth-order valence-electron chi connectivity index (χ4n) is 6.68. The number of piperazine rings is 1. The minimum atomic E-state index is -0.973. The SMILES string of the molecule is CCc1nocc1C(=O)C[C@H](C(=O)Nc1ccc([C@H](C)[C@@H](NC(=O)c2cnns2)C(=O)N2CCN(C)CC2)cc1F)C1CCCCCC1. The van der Waals surface area contributed by atoms with Crippen LogP contribution < -0.4 is 10.6 Å². The Morgan fingerprint density at radius 3 is 2.46 bits per heavy atom. The minimum Gasteiger partial charge on any atom is -0.364 e. The zero-order chi connectivity index (χ0) is 34.2. The van der Waals surface area contributed by atoms with Crippen molar-refractivity contribution in [3.05, 3.63) is 58.2 Å². The van der Waals surface area contributed by atoms with Gasteiger partial charge >= 0.3 is 0 Å². The number of nitrogens with zero attached hydrogens (tertiary/aromatic N) is 5. The quantitative estimate of drug-likeness (QED) is 0.205. The molecule has 3 heterocycles. The Bertz CT molecular complexity index is 1570. The second-order valence-electron chi connectivity index (χ2n) is 12.9. The molecule has 1 aromatic carbocycles. The lowest BCUT2D eigenvalue weighted by molar-refractivity contribution is -0.135. The molecule has 258 valence electrons. The number of hydrogen-bond acceptors (Lipinski definition) is 10. The van der Waals surface area contributed by atoms with Crippen molar-refractivity contribution in [2.45, 2.75) is 77.2 Å². The molecular formula is C34H44FN7O5S. The summed E-state index contributed by atoms with van der Waals surface area (Å²) >= 11 is 0.922. The number of likely N-dealkylation sites (N-methyl/N-ethyl adjacent to an activating group) is 1. The van der Waals surface area contributed by atoms with Crippen molar-refractivity contribution in [2.24, 2.45) is 11.8 Å². The normalized spacial score (nSPS) is 18.0. The second-order valence-corrected chi connectivity index (χ2v) is 13.7. The van der Waals surface area contributed by atoms with Gasteiger partial charge in [-0.1, -0.05) is 55.2 Å². The number of aromatic nitrogens is 3. The van der Waals surface area contributed by atoms with E-state index in [-0.39, 0.29) is 34.6 Å². The number of carbonyl (C=O) groups excluding carboxylic acids is 4. The van der Waals surface area contributed by atoms with Gasteiger partial charge in [0.2, 0.25) is 11.8 Å². The molecule has 1 aliphatic heterocycles. The molecule has 3 atom stereocenters. The molecule has 2 aromatic heterocycles. The van der Waals surface area contributed by atoms with Crippen molar-refractivity contribution in [2.75, 3.05) is 38.5 Å². The molecule has 0 spiro atoms. The average Bonchev–Trinajstić information content (AvgIpc) is 3.74. The van der Waals surface area contributed by atoms with Crippen LogP contribution in [0.5, 0.6) is 0 Å². The number of anilines is 1. The summed E-state index contributed by atoms with van der Waals surface area (Å²) in [4.78, 5) is 58.0. The lowest BCUT2D eigenvalue weighted by atomic mass is 9.81. The highest BCUT2D eigenvalue weighted by Crippen LogP contribution is 2.34. The first-order chi connectivity index (χ1) is 23.2. The molecule has 1 aliphatic carbocycles. The van der Waals surface area contributed by atoms with Gasteiger partial charge in [0.25, 0.3) is 5.91 Å². The van der Waals surface area contributed by atoms with E-state index in [0.717, 1.165) is 50.1 Å². The van der Waals surface area contributed by atoms with Crippen LogP contribution in [0.15, 0.2) is 35.2 Å². The van der Waals surface area contributed by atoms with E-state index in [1.54, 1.807) is 17.9 Å². The summed E-state index contributed by atoms with van der Waals surface area (Å²) in [6.07, 6.45) is 8.93. The molecule has 1 saturated heterocycles. The molecule has 3 amide bonds. The summed E-state index contributed by atoms with van der Waals surface area (Å²) in [5.41, 5.74) is 1.41. The molecule has 2 N–H and O–H groups in total. The molecule has 0 bridgehead atoms. The van der Waals surface area contributed by atoms with Crippen LogP contribution in [-0.2, 0) is 16.0 Å². The molecule has 5 rings (SSSR count). The third kappa shape index (κ3) is 8.51. The predicted molar refractivity (Wildman–Crippen MR) is 178 cm³/mol. The Labute approximate surface area is 284 Å². The van der Waals surface area contributed by atoms with Gasteiger partial charge in [-0.15, -0.1) is 5.10 Å². The van der Waals surface area contributed by atoms with Crippen LogP contribution in [0.2, 0.25) is 0 Å². The van der Waals surface area contributed by atoms with Gasteiger partial charge in [-0.05, 0) is 61.5 Å². The molecule has 3 aromatic rings. The van der Waals surface area contributed by atoms with Crippen LogP contribution in [0.4, 0.5) is 10.1 Å². The smallest absolute Gasteiger partial charge is 0.265 e. The lowest BCUT2D eigenvalue weighted by Gasteiger charge is -2.36. The van der Waals surface area contributed by atoms with Gasteiger partial charge < -0.3 is 25.0 Å². The number of rotatable bonds is 12. The van der Waals surface area contributed by atoms with Crippen molar-refractivity contribution >= 4 is 40.7 Å². The summed E-state index contributed by atoms with van der Waals surface area (Å²) in [6.45, 7) is 6.08. The first-order valence-electron chi connectivity index (χ1n) is 16.8. The van der Waals surface area contributed by atoms with Crippen molar-refractivity contribution < 1.29 is 28.1 Å². The molecule has 0 radical (unpaired) electrons. The molecule has 1 saturated carbocycles. The van der Waals surface area contributed by atoms with E-state index < -0.39 is 35.5 Å². The number of ketones is 1. The largest absolute Gasteiger partial charge is 0.364 e. The van der Waals surface area contributed by atoms with E-state index in [0.29, 0.717) is 49.4 Å². The highest BCUT2D eigenvalue weighted by atomic mass is 32.1. The Balaban J connectivity index is 1.34. The fraction of sp³-hybridized carbons (Fsp3) is 0.559. The summed E-state index contributed by atoms with van der Waals surface area (Å²) in [5.74, 6) is -3.28. The van der Waals surface area contributed by atoms with E-state index >= 15 is 4.39 Å². The number of halogens is 1.